The standard InChI is InChI=1S/C8H9BrClN/c1-2-7(9)6-3-4-8(10)11-5-6/h3-5,7H,2H2,1H3. The fourth-order valence-electron chi connectivity index (χ4n) is 0.808. The largest absolute Gasteiger partial charge is 0.244 e. The van der Waals surface area contributed by atoms with E-state index >= 15 is 0 Å². The summed E-state index contributed by atoms with van der Waals surface area (Å²) in [5.74, 6) is 0. The normalized spacial score (nSPS) is 13.0. The lowest BCUT2D eigenvalue weighted by atomic mass is 10.2. The second kappa shape index (κ2) is 4.07. The van der Waals surface area contributed by atoms with Gasteiger partial charge in [0.2, 0.25) is 0 Å². The van der Waals surface area contributed by atoms with Gasteiger partial charge in [-0.1, -0.05) is 40.5 Å². The maximum Gasteiger partial charge on any atom is 0.129 e. The first-order chi connectivity index (χ1) is 5.24. The van der Waals surface area contributed by atoms with E-state index in [9.17, 15) is 0 Å². The summed E-state index contributed by atoms with van der Waals surface area (Å²) < 4.78 is 0. The van der Waals surface area contributed by atoms with E-state index in [1.165, 1.54) is 5.56 Å². The molecule has 0 bridgehead atoms. The van der Waals surface area contributed by atoms with E-state index in [4.69, 9.17) is 11.6 Å². The molecule has 1 heterocycles. The number of alkyl halides is 1. The van der Waals surface area contributed by atoms with Gasteiger partial charge in [0.05, 0.1) is 0 Å². The summed E-state index contributed by atoms with van der Waals surface area (Å²) in [7, 11) is 0. The van der Waals surface area contributed by atoms with Crippen molar-refractivity contribution in [3.05, 3.63) is 29.0 Å². The Bertz CT molecular complexity index is 222. The number of hydrogen-bond acceptors (Lipinski definition) is 1. The average Bonchev–Trinajstić information content (AvgIpc) is 2.05. The molecule has 1 atom stereocenters. The Labute approximate surface area is 79.9 Å². The van der Waals surface area contributed by atoms with Crippen molar-refractivity contribution in [3.8, 4) is 0 Å². The monoisotopic (exact) mass is 233 g/mol. The molecule has 3 heteroatoms. The Morgan fingerprint density at radius 1 is 1.64 bits per heavy atom. The molecule has 11 heavy (non-hydrogen) atoms. The molecule has 60 valence electrons. The Morgan fingerprint density at radius 3 is 2.82 bits per heavy atom. The topological polar surface area (TPSA) is 12.9 Å². The highest BCUT2D eigenvalue weighted by Crippen LogP contribution is 2.25. The summed E-state index contributed by atoms with van der Waals surface area (Å²) in [6.45, 7) is 2.12. The van der Waals surface area contributed by atoms with Crippen molar-refractivity contribution in [2.75, 3.05) is 0 Å². The smallest absolute Gasteiger partial charge is 0.129 e. The van der Waals surface area contributed by atoms with E-state index in [-0.39, 0.29) is 0 Å². The molecule has 1 aromatic rings. The SMILES string of the molecule is CCC(Br)c1ccc(Cl)nc1. The molecule has 1 rings (SSSR count). The van der Waals surface area contributed by atoms with Crippen LogP contribution in [-0.4, -0.2) is 4.98 Å². The molecule has 1 nitrogen and oxygen atoms in total. The van der Waals surface area contributed by atoms with E-state index in [1.807, 2.05) is 6.07 Å². The van der Waals surface area contributed by atoms with Crippen LogP contribution in [0.1, 0.15) is 23.7 Å². The van der Waals surface area contributed by atoms with Crippen LogP contribution in [0.5, 0.6) is 0 Å². The molecule has 0 fully saturated rings. The third-order valence-electron chi connectivity index (χ3n) is 1.47. The lowest BCUT2D eigenvalue weighted by Gasteiger charge is -2.04. The van der Waals surface area contributed by atoms with Crippen molar-refractivity contribution in [2.45, 2.75) is 18.2 Å². The van der Waals surface area contributed by atoms with Crippen LogP contribution in [0.2, 0.25) is 5.15 Å². The van der Waals surface area contributed by atoms with Crippen molar-refractivity contribution in [3.63, 3.8) is 0 Å². The van der Waals surface area contributed by atoms with Gasteiger partial charge in [0, 0.05) is 11.0 Å². The lowest BCUT2D eigenvalue weighted by molar-refractivity contribution is 0.903. The van der Waals surface area contributed by atoms with E-state index in [2.05, 4.69) is 27.8 Å². The molecule has 0 aliphatic carbocycles. The van der Waals surface area contributed by atoms with Gasteiger partial charge >= 0.3 is 0 Å². The molecule has 0 saturated carbocycles. The molecule has 1 aromatic heterocycles. The highest BCUT2D eigenvalue weighted by molar-refractivity contribution is 9.09. The summed E-state index contributed by atoms with van der Waals surface area (Å²) in [5.41, 5.74) is 1.18. The van der Waals surface area contributed by atoms with Crippen molar-refractivity contribution in [1.82, 2.24) is 4.98 Å². The number of rotatable bonds is 2. The van der Waals surface area contributed by atoms with Crippen molar-refractivity contribution in [2.24, 2.45) is 0 Å². The maximum absolute atomic E-state index is 5.63. The third-order valence-corrected chi connectivity index (χ3v) is 2.87. The van der Waals surface area contributed by atoms with Crippen LogP contribution in [0.25, 0.3) is 0 Å². The molecule has 1 unspecified atom stereocenters. The van der Waals surface area contributed by atoms with Crippen LogP contribution in [-0.2, 0) is 0 Å². The van der Waals surface area contributed by atoms with Crippen LogP contribution in [0.15, 0.2) is 18.3 Å². The van der Waals surface area contributed by atoms with Crippen LogP contribution in [0.3, 0.4) is 0 Å². The van der Waals surface area contributed by atoms with Gasteiger partial charge < -0.3 is 0 Å². The second-order valence-corrected chi connectivity index (χ2v) is 3.78. The maximum atomic E-state index is 5.63. The van der Waals surface area contributed by atoms with E-state index in [0.717, 1.165) is 6.42 Å². The predicted octanol–water partition coefficient (Wildman–Crippen LogP) is 3.58. The molecule has 0 radical (unpaired) electrons. The van der Waals surface area contributed by atoms with Crippen molar-refractivity contribution >= 4 is 27.5 Å². The van der Waals surface area contributed by atoms with Gasteiger partial charge in [-0.15, -0.1) is 0 Å². The second-order valence-electron chi connectivity index (χ2n) is 2.29. The van der Waals surface area contributed by atoms with E-state index in [1.54, 1.807) is 12.3 Å². The fourth-order valence-corrected chi connectivity index (χ4v) is 1.19. The molecule has 0 aromatic carbocycles. The third kappa shape index (κ3) is 2.46. The highest BCUT2D eigenvalue weighted by Gasteiger charge is 2.03. The average molecular weight is 235 g/mol. The lowest BCUT2D eigenvalue weighted by Crippen LogP contribution is -1.87. The number of nitrogens with zero attached hydrogens (tertiary/aromatic N) is 1. The van der Waals surface area contributed by atoms with Crippen LogP contribution >= 0.6 is 27.5 Å². The highest BCUT2D eigenvalue weighted by atomic mass is 79.9. The number of hydrogen-bond donors (Lipinski definition) is 0. The molecular formula is C8H9BrClN. The van der Waals surface area contributed by atoms with E-state index in [0.29, 0.717) is 9.98 Å². The van der Waals surface area contributed by atoms with Crippen LogP contribution in [0.4, 0.5) is 0 Å². The zero-order valence-corrected chi connectivity index (χ0v) is 8.56. The molecule has 0 aliphatic heterocycles. The van der Waals surface area contributed by atoms with E-state index < -0.39 is 0 Å². The van der Waals surface area contributed by atoms with Gasteiger partial charge in [-0.05, 0) is 18.1 Å². The summed E-state index contributed by atoms with van der Waals surface area (Å²) >= 11 is 9.16. The Balaban J connectivity index is 2.81. The first-order valence-electron chi connectivity index (χ1n) is 3.49. The van der Waals surface area contributed by atoms with Crippen molar-refractivity contribution in [1.29, 1.82) is 0 Å². The molecular weight excluding hydrogens is 225 g/mol. The predicted molar refractivity (Wildman–Crippen MR) is 51.2 cm³/mol. The van der Waals surface area contributed by atoms with Crippen LogP contribution < -0.4 is 0 Å². The molecule has 0 spiro atoms. The molecule has 0 N–H and O–H groups in total. The van der Waals surface area contributed by atoms with Gasteiger partial charge in [-0.3, -0.25) is 0 Å². The number of pyridine rings is 1. The van der Waals surface area contributed by atoms with Gasteiger partial charge in [-0.2, -0.15) is 0 Å². The Morgan fingerprint density at radius 2 is 2.36 bits per heavy atom. The zero-order chi connectivity index (χ0) is 8.27. The van der Waals surface area contributed by atoms with Crippen molar-refractivity contribution < 1.29 is 0 Å². The summed E-state index contributed by atoms with van der Waals surface area (Å²) in [6, 6.07) is 3.79. The summed E-state index contributed by atoms with van der Waals surface area (Å²) in [6.07, 6.45) is 2.86. The minimum atomic E-state index is 0.396. The number of aromatic nitrogens is 1. The number of halogens is 2. The van der Waals surface area contributed by atoms with Gasteiger partial charge in [0.15, 0.2) is 0 Å². The first-order valence-corrected chi connectivity index (χ1v) is 4.79. The summed E-state index contributed by atoms with van der Waals surface area (Å²) in [5, 5.41) is 0.546. The molecule has 0 amide bonds. The fraction of sp³-hybridized carbons (Fsp3) is 0.375. The van der Waals surface area contributed by atoms with Gasteiger partial charge in [-0.25, -0.2) is 4.98 Å². The van der Waals surface area contributed by atoms with Crippen LogP contribution in [0, 0.1) is 0 Å². The minimum absolute atomic E-state index is 0.396. The van der Waals surface area contributed by atoms with Gasteiger partial charge in [0.1, 0.15) is 5.15 Å². The summed E-state index contributed by atoms with van der Waals surface area (Å²) in [4.78, 5) is 4.38. The molecule has 0 aliphatic rings. The zero-order valence-electron chi connectivity index (χ0n) is 6.22. The molecule has 0 saturated heterocycles. The minimum Gasteiger partial charge on any atom is -0.244 e. The first kappa shape index (κ1) is 9.01. The van der Waals surface area contributed by atoms with Gasteiger partial charge in [0.25, 0.3) is 0 Å². The Kier molecular flexibility index (Phi) is 3.34. The quantitative estimate of drug-likeness (QED) is 0.563. The Hall–Kier alpha value is -0.0800.